The molecule has 1 spiro atoms. The summed E-state index contributed by atoms with van der Waals surface area (Å²) in [5, 5.41) is 0. The summed E-state index contributed by atoms with van der Waals surface area (Å²) in [6.45, 7) is 0. The van der Waals surface area contributed by atoms with Gasteiger partial charge < -0.3 is 14.2 Å². The average molecular weight is 382 g/mol. The first-order chi connectivity index (χ1) is 13.5. The summed E-state index contributed by atoms with van der Waals surface area (Å²) in [5.74, 6) is -4.92. The molecule has 5 nitrogen and oxygen atoms in total. The van der Waals surface area contributed by atoms with E-state index in [0.717, 1.165) is 18.2 Å². The Kier molecular flexibility index (Phi) is 3.73. The Labute approximate surface area is 161 Å². The molecule has 0 amide bonds. The minimum Gasteiger partial charge on any atom is -0.467 e. The van der Waals surface area contributed by atoms with E-state index in [1.54, 1.807) is 0 Å². The molecule has 28 heavy (non-hydrogen) atoms. The first kappa shape index (κ1) is 17.5. The number of benzene rings is 2. The number of carbonyl (C=O) groups is 2. The zero-order chi connectivity index (χ0) is 19.5. The lowest BCUT2D eigenvalue weighted by Crippen LogP contribution is -2.40. The predicted molar refractivity (Wildman–Crippen MR) is 95.7 cm³/mol. The number of fused-ring (bicyclic) bond motifs is 2. The van der Waals surface area contributed by atoms with E-state index < -0.39 is 41.5 Å². The van der Waals surface area contributed by atoms with Crippen molar-refractivity contribution in [3.05, 3.63) is 71.8 Å². The Morgan fingerprint density at radius 1 is 1.00 bits per heavy atom. The monoisotopic (exact) mass is 382 g/mol. The summed E-state index contributed by atoms with van der Waals surface area (Å²) >= 11 is 0. The van der Waals surface area contributed by atoms with Crippen LogP contribution in [0.25, 0.3) is 0 Å². The Balaban J connectivity index is 1.56. The van der Waals surface area contributed by atoms with Gasteiger partial charge in [-0.3, -0.25) is 4.79 Å². The molecule has 0 radical (unpaired) electrons. The van der Waals surface area contributed by atoms with Gasteiger partial charge >= 0.3 is 5.97 Å². The van der Waals surface area contributed by atoms with Crippen LogP contribution in [-0.2, 0) is 23.8 Å². The maximum absolute atomic E-state index is 15.4. The number of halogens is 1. The Hall–Kier alpha value is -2.57. The van der Waals surface area contributed by atoms with Crippen LogP contribution in [0.2, 0.25) is 0 Å². The van der Waals surface area contributed by atoms with Crippen LogP contribution < -0.4 is 0 Å². The van der Waals surface area contributed by atoms with Crippen LogP contribution in [-0.4, -0.2) is 30.3 Å². The fraction of sp³-hybridized carbons (Fsp3) is 0.364. The molecule has 0 N–H and O–H groups in total. The second-order valence-electron chi connectivity index (χ2n) is 7.57. The highest BCUT2D eigenvalue weighted by atomic mass is 19.1. The van der Waals surface area contributed by atoms with Crippen molar-refractivity contribution in [2.45, 2.75) is 30.1 Å². The van der Waals surface area contributed by atoms with E-state index in [4.69, 9.17) is 9.47 Å². The third-order valence-electron chi connectivity index (χ3n) is 6.05. The first-order valence-corrected chi connectivity index (χ1v) is 9.27. The summed E-state index contributed by atoms with van der Waals surface area (Å²) in [7, 11) is 1.12. The molecule has 1 saturated heterocycles. The van der Waals surface area contributed by atoms with Crippen molar-refractivity contribution in [1.29, 1.82) is 0 Å². The van der Waals surface area contributed by atoms with Gasteiger partial charge in [0.2, 0.25) is 5.67 Å². The number of rotatable bonds is 3. The van der Waals surface area contributed by atoms with Crippen LogP contribution in [0.15, 0.2) is 60.7 Å². The summed E-state index contributed by atoms with van der Waals surface area (Å²) in [5.41, 5.74) is -0.642. The maximum atomic E-state index is 15.4. The molecule has 0 bridgehead atoms. The predicted octanol–water partition coefficient (Wildman–Crippen LogP) is 3.31. The molecule has 5 rings (SSSR count). The van der Waals surface area contributed by atoms with E-state index >= 15 is 4.39 Å². The summed E-state index contributed by atoms with van der Waals surface area (Å²) < 4.78 is 32.5. The van der Waals surface area contributed by atoms with Crippen molar-refractivity contribution in [2.24, 2.45) is 11.8 Å². The lowest BCUT2D eigenvalue weighted by molar-refractivity contribution is -0.200. The van der Waals surface area contributed by atoms with E-state index in [0.29, 0.717) is 0 Å². The molecule has 6 heteroatoms. The fourth-order valence-electron chi connectivity index (χ4n) is 4.81. The fourth-order valence-corrected chi connectivity index (χ4v) is 4.81. The van der Waals surface area contributed by atoms with E-state index in [1.165, 1.54) is 0 Å². The largest absolute Gasteiger partial charge is 0.467 e. The molecule has 2 aromatic rings. The highest BCUT2D eigenvalue weighted by Crippen LogP contribution is 2.71. The minimum absolute atomic E-state index is 0.0718. The van der Waals surface area contributed by atoms with Crippen molar-refractivity contribution in [3.63, 3.8) is 0 Å². The zero-order valence-electron chi connectivity index (χ0n) is 15.2. The van der Waals surface area contributed by atoms with Crippen LogP contribution in [0.3, 0.4) is 0 Å². The van der Waals surface area contributed by atoms with Gasteiger partial charge in [0, 0.05) is 0 Å². The van der Waals surface area contributed by atoms with E-state index in [-0.39, 0.29) is 12.2 Å². The van der Waals surface area contributed by atoms with Crippen LogP contribution in [0.1, 0.15) is 29.8 Å². The molecule has 2 saturated carbocycles. The molecule has 2 aliphatic carbocycles. The van der Waals surface area contributed by atoms with Crippen molar-refractivity contribution in [3.8, 4) is 0 Å². The smallest absolute Gasteiger partial charge is 0.344 e. The van der Waals surface area contributed by atoms with Gasteiger partial charge in [-0.2, -0.15) is 0 Å². The quantitative estimate of drug-likeness (QED) is 0.763. The number of ether oxygens (including phenoxy) is 3. The first-order valence-electron chi connectivity index (χ1n) is 9.27. The molecule has 1 heterocycles. The van der Waals surface area contributed by atoms with Crippen molar-refractivity contribution in [2.75, 3.05) is 7.11 Å². The summed E-state index contributed by atoms with van der Waals surface area (Å²) in [6.07, 6.45) is -1.10. The van der Waals surface area contributed by atoms with E-state index in [1.807, 2.05) is 60.7 Å². The third kappa shape index (κ3) is 2.25. The van der Waals surface area contributed by atoms with Gasteiger partial charge in [-0.15, -0.1) is 0 Å². The van der Waals surface area contributed by atoms with Gasteiger partial charge in [-0.25, -0.2) is 9.18 Å². The number of Topliss-reactive ketones (excluding diaryl/α,β-unsaturated/α-hetero) is 1. The highest BCUT2D eigenvalue weighted by molar-refractivity contribution is 6.01. The van der Waals surface area contributed by atoms with Crippen molar-refractivity contribution >= 4 is 11.8 Å². The number of esters is 1. The Morgan fingerprint density at radius 3 is 1.96 bits per heavy atom. The number of hydrogen-bond acceptors (Lipinski definition) is 5. The molecular formula is C22H19FO5. The van der Waals surface area contributed by atoms with Crippen LogP contribution in [0.5, 0.6) is 0 Å². The van der Waals surface area contributed by atoms with Crippen LogP contribution in [0.4, 0.5) is 4.39 Å². The molecule has 0 unspecified atom stereocenters. The number of alkyl halides is 1. The molecule has 1 aliphatic heterocycles. The van der Waals surface area contributed by atoms with Gasteiger partial charge in [0.15, 0.2) is 5.79 Å². The maximum Gasteiger partial charge on any atom is 0.344 e. The highest BCUT2D eigenvalue weighted by Gasteiger charge is 2.87. The standard InChI is InChI=1S/C22H19FO5/c1-26-20(25)22(23)16-15(24)12-21(19(16)22)27-17(13-8-4-2-5-9-13)18(28-21)14-10-6-3-7-11-14/h2-11,16-19H,12H2,1H3/t16-,17-,18-,19-,22-/m0/s1. The van der Waals surface area contributed by atoms with Crippen molar-refractivity contribution in [1.82, 2.24) is 0 Å². The molecule has 5 atom stereocenters. The van der Waals surface area contributed by atoms with Gasteiger partial charge in [0.05, 0.1) is 25.4 Å². The SMILES string of the molecule is COC(=O)[C@]1(F)[C@H]2C(=O)CC3(O[C@@H](c4ccccc4)[C@H](c4ccccc4)O3)[C@H]21. The molecule has 3 fully saturated rings. The second-order valence-corrected chi connectivity index (χ2v) is 7.57. The normalized spacial score (nSPS) is 35.0. The topological polar surface area (TPSA) is 61.8 Å². The number of methoxy groups -OCH3 is 1. The third-order valence-corrected chi connectivity index (χ3v) is 6.05. The minimum atomic E-state index is -2.38. The molecular weight excluding hydrogens is 363 g/mol. The number of carbonyl (C=O) groups excluding carboxylic acids is 2. The van der Waals surface area contributed by atoms with E-state index in [2.05, 4.69) is 4.74 Å². The molecule has 0 aromatic heterocycles. The second kappa shape index (κ2) is 5.96. The van der Waals surface area contributed by atoms with Crippen LogP contribution in [0, 0.1) is 11.8 Å². The molecule has 3 aliphatic rings. The number of hydrogen-bond donors (Lipinski definition) is 0. The Bertz CT molecular complexity index is 883. The van der Waals surface area contributed by atoms with Gasteiger partial charge in [-0.1, -0.05) is 60.7 Å². The van der Waals surface area contributed by atoms with Crippen LogP contribution >= 0.6 is 0 Å². The Morgan fingerprint density at radius 2 is 1.50 bits per heavy atom. The summed E-state index contributed by atoms with van der Waals surface area (Å²) in [4.78, 5) is 24.5. The van der Waals surface area contributed by atoms with Gasteiger partial charge in [0.1, 0.15) is 18.0 Å². The molecule has 2 aromatic carbocycles. The van der Waals surface area contributed by atoms with Gasteiger partial charge in [0.25, 0.3) is 0 Å². The van der Waals surface area contributed by atoms with Gasteiger partial charge in [-0.05, 0) is 11.1 Å². The number of ketones is 1. The lowest BCUT2D eigenvalue weighted by Gasteiger charge is -2.26. The molecule has 144 valence electrons. The van der Waals surface area contributed by atoms with Crippen molar-refractivity contribution < 1.29 is 28.2 Å². The van der Waals surface area contributed by atoms with E-state index in [9.17, 15) is 9.59 Å². The lowest BCUT2D eigenvalue weighted by atomic mass is 9.99. The summed E-state index contributed by atoms with van der Waals surface area (Å²) in [6, 6.07) is 19.0. The zero-order valence-corrected chi connectivity index (χ0v) is 15.2. The average Bonchev–Trinajstić information content (AvgIpc) is 3.06.